The highest BCUT2D eigenvalue weighted by atomic mass is 32.2. The van der Waals surface area contributed by atoms with E-state index in [1.165, 1.54) is 37.7 Å². The second-order valence-electron chi connectivity index (χ2n) is 6.12. The number of benzene rings is 1. The van der Waals surface area contributed by atoms with Gasteiger partial charge in [-0.1, -0.05) is 6.42 Å². The average Bonchev–Trinajstić information content (AvgIpc) is 2.95. The number of anilines is 1. The van der Waals surface area contributed by atoms with Crippen LogP contribution < -0.4 is 5.32 Å². The molecule has 2 amide bonds. The third-order valence-corrected chi connectivity index (χ3v) is 5.70. The van der Waals surface area contributed by atoms with E-state index in [1.54, 1.807) is 6.07 Å². The summed E-state index contributed by atoms with van der Waals surface area (Å²) in [5.74, 6) is 0.0807. The molecule has 1 saturated carbocycles. The molecule has 1 aromatic rings. The minimum absolute atomic E-state index is 0.152. The molecule has 120 valence electrons. The Kier molecular flexibility index (Phi) is 4.47. The number of halogens is 1. The molecular weight excluding hydrogens is 303 g/mol. The third-order valence-electron chi connectivity index (χ3n) is 4.75. The molecule has 2 aliphatic rings. The van der Waals surface area contributed by atoms with E-state index in [0.717, 1.165) is 19.4 Å². The van der Waals surface area contributed by atoms with Crippen LogP contribution in [0.15, 0.2) is 23.1 Å². The second-order valence-corrected chi connectivity index (χ2v) is 7.47. The lowest BCUT2D eigenvalue weighted by molar-refractivity contribution is 0.138. The molecule has 0 radical (unpaired) electrons. The molecule has 1 aromatic carbocycles. The van der Waals surface area contributed by atoms with Gasteiger partial charge in [-0.25, -0.2) is 9.18 Å². The van der Waals surface area contributed by atoms with Gasteiger partial charge in [-0.3, -0.25) is 4.21 Å². The van der Waals surface area contributed by atoms with Crippen LogP contribution in [0, 0.1) is 11.7 Å². The Hall–Kier alpha value is -1.43. The van der Waals surface area contributed by atoms with Crippen LogP contribution in [0.5, 0.6) is 0 Å². The lowest BCUT2D eigenvalue weighted by atomic mass is 9.92. The van der Waals surface area contributed by atoms with Gasteiger partial charge in [-0.05, 0) is 49.8 Å². The highest BCUT2D eigenvalue weighted by Crippen LogP contribution is 2.37. The van der Waals surface area contributed by atoms with Gasteiger partial charge in [0, 0.05) is 24.5 Å². The number of urea groups is 1. The van der Waals surface area contributed by atoms with E-state index in [4.69, 9.17) is 0 Å². The summed E-state index contributed by atoms with van der Waals surface area (Å²) in [5, 5.41) is 2.78. The molecule has 0 unspecified atom stereocenters. The first-order chi connectivity index (χ1) is 10.6. The number of nitrogens with one attached hydrogen (secondary N) is 1. The Bertz CT molecular complexity index is 608. The first-order valence-electron chi connectivity index (χ1n) is 7.77. The maximum Gasteiger partial charge on any atom is 0.322 e. The number of nitrogens with zero attached hydrogens (tertiary/aromatic N) is 1. The number of piperidine rings is 1. The van der Waals surface area contributed by atoms with Crippen molar-refractivity contribution < 1.29 is 13.4 Å². The molecule has 1 aliphatic carbocycles. The van der Waals surface area contributed by atoms with Crippen molar-refractivity contribution in [1.29, 1.82) is 0 Å². The maximum absolute atomic E-state index is 13.9. The minimum Gasteiger partial charge on any atom is -0.321 e. The van der Waals surface area contributed by atoms with E-state index in [9.17, 15) is 13.4 Å². The highest BCUT2D eigenvalue weighted by Gasteiger charge is 2.37. The number of hydrogen-bond donors (Lipinski definition) is 1. The molecule has 0 spiro atoms. The molecule has 3 atom stereocenters. The SMILES string of the molecule is C[S@](=O)c1ccc(NC(=O)N2CCC[C@H]3CCC[C@H]32)cc1F. The fraction of sp³-hybridized carbons (Fsp3) is 0.562. The van der Waals surface area contributed by atoms with Crippen molar-refractivity contribution in [3.63, 3.8) is 0 Å². The molecule has 2 fully saturated rings. The van der Waals surface area contributed by atoms with E-state index in [-0.39, 0.29) is 10.9 Å². The molecule has 0 aromatic heterocycles. The zero-order valence-corrected chi connectivity index (χ0v) is 13.5. The van der Waals surface area contributed by atoms with Gasteiger partial charge in [-0.2, -0.15) is 0 Å². The Morgan fingerprint density at radius 2 is 2.09 bits per heavy atom. The van der Waals surface area contributed by atoms with Crippen LogP contribution in [0.25, 0.3) is 0 Å². The van der Waals surface area contributed by atoms with Crippen LogP contribution in [-0.4, -0.2) is 34.0 Å². The zero-order chi connectivity index (χ0) is 15.7. The van der Waals surface area contributed by atoms with Gasteiger partial charge in [0.25, 0.3) is 0 Å². The number of amides is 2. The zero-order valence-electron chi connectivity index (χ0n) is 12.7. The van der Waals surface area contributed by atoms with Crippen LogP contribution >= 0.6 is 0 Å². The van der Waals surface area contributed by atoms with Gasteiger partial charge >= 0.3 is 6.03 Å². The van der Waals surface area contributed by atoms with Crippen molar-refractivity contribution in [1.82, 2.24) is 4.90 Å². The number of hydrogen-bond acceptors (Lipinski definition) is 2. The molecule has 4 nitrogen and oxygen atoms in total. The highest BCUT2D eigenvalue weighted by molar-refractivity contribution is 7.84. The summed E-state index contributed by atoms with van der Waals surface area (Å²) in [5.41, 5.74) is 0.414. The van der Waals surface area contributed by atoms with Crippen LogP contribution in [0.4, 0.5) is 14.9 Å². The third kappa shape index (κ3) is 3.02. The number of carbonyl (C=O) groups excluding carboxylic acids is 1. The molecular formula is C16H21FN2O2S. The maximum atomic E-state index is 13.9. The Labute approximate surface area is 132 Å². The second kappa shape index (κ2) is 6.36. The molecule has 1 heterocycles. The minimum atomic E-state index is -1.37. The normalized spacial score (nSPS) is 25.6. The van der Waals surface area contributed by atoms with Gasteiger partial charge in [0.2, 0.25) is 0 Å². The Morgan fingerprint density at radius 3 is 2.82 bits per heavy atom. The van der Waals surface area contributed by atoms with Gasteiger partial charge < -0.3 is 10.2 Å². The molecule has 0 bridgehead atoms. The Morgan fingerprint density at radius 1 is 1.32 bits per heavy atom. The topological polar surface area (TPSA) is 49.4 Å². The average molecular weight is 324 g/mol. The lowest BCUT2D eigenvalue weighted by Crippen LogP contribution is -2.48. The van der Waals surface area contributed by atoms with E-state index >= 15 is 0 Å². The largest absolute Gasteiger partial charge is 0.322 e. The van der Waals surface area contributed by atoms with Crippen molar-refractivity contribution in [2.24, 2.45) is 5.92 Å². The monoisotopic (exact) mass is 324 g/mol. The summed E-state index contributed by atoms with van der Waals surface area (Å²) < 4.78 is 25.2. The summed E-state index contributed by atoms with van der Waals surface area (Å²) >= 11 is 0. The fourth-order valence-electron chi connectivity index (χ4n) is 3.71. The van der Waals surface area contributed by atoms with Gasteiger partial charge in [-0.15, -0.1) is 0 Å². The van der Waals surface area contributed by atoms with Gasteiger partial charge in [0.05, 0.1) is 15.7 Å². The van der Waals surface area contributed by atoms with E-state index in [2.05, 4.69) is 5.32 Å². The summed E-state index contributed by atoms with van der Waals surface area (Å²) in [6.45, 7) is 0.770. The summed E-state index contributed by atoms with van der Waals surface area (Å²) in [7, 11) is -1.37. The Balaban J connectivity index is 1.71. The molecule has 22 heavy (non-hydrogen) atoms. The smallest absolute Gasteiger partial charge is 0.321 e. The van der Waals surface area contributed by atoms with Crippen molar-refractivity contribution in [3.05, 3.63) is 24.0 Å². The van der Waals surface area contributed by atoms with Crippen LogP contribution in [0.2, 0.25) is 0 Å². The number of likely N-dealkylation sites (tertiary alicyclic amines) is 1. The van der Waals surface area contributed by atoms with Gasteiger partial charge in [0.15, 0.2) is 0 Å². The summed E-state index contributed by atoms with van der Waals surface area (Å²) in [4.78, 5) is 14.5. The first kappa shape index (κ1) is 15.5. The van der Waals surface area contributed by atoms with Gasteiger partial charge in [0.1, 0.15) is 5.82 Å². The van der Waals surface area contributed by atoms with Crippen LogP contribution in [0.1, 0.15) is 32.1 Å². The standard InChI is InChI=1S/C16H21FN2O2S/c1-22(21)15-8-7-12(10-13(15)17)18-16(20)19-9-3-5-11-4-2-6-14(11)19/h7-8,10-11,14H,2-6,9H2,1H3,(H,18,20)/t11-,14-,22+/m1/s1. The van der Waals surface area contributed by atoms with E-state index in [1.807, 2.05) is 4.90 Å². The first-order valence-corrected chi connectivity index (χ1v) is 9.32. The van der Waals surface area contributed by atoms with E-state index < -0.39 is 16.6 Å². The number of carbonyl (C=O) groups is 1. The molecule has 6 heteroatoms. The van der Waals surface area contributed by atoms with E-state index in [0.29, 0.717) is 17.6 Å². The summed E-state index contributed by atoms with van der Waals surface area (Å²) in [6.07, 6.45) is 7.15. The van der Waals surface area contributed by atoms with Crippen molar-refractivity contribution in [3.8, 4) is 0 Å². The lowest BCUT2D eigenvalue weighted by Gasteiger charge is -2.37. The molecule has 1 N–H and O–H groups in total. The van der Waals surface area contributed by atoms with Crippen molar-refractivity contribution >= 4 is 22.5 Å². The number of rotatable bonds is 2. The molecule has 3 rings (SSSR count). The number of fused-ring (bicyclic) bond motifs is 1. The molecule has 1 saturated heterocycles. The van der Waals surface area contributed by atoms with Crippen molar-refractivity contribution in [2.45, 2.75) is 43.0 Å². The van der Waals surface area contributed by atoms with Crippen LogP contribution in [-0.2, 0) is 10.8 Å². The van der Waals surface area contributed by atoms with Crippen molar-refractivity contribution in [2.75, 3.05) is 18.1 Å². The quantitative estimate of drug-likeness (QED) is 0.907. The predicted molar refractivity (Wildman–Crippen MR) is 84.8 cm³/mol. The predicted octanol–water partition coefficient (Wildman–Crippen LogP) is 3.36. The molecule has 1 aliphatic heterocycles. The fourth-order valence-corrected chi connectivity index (χ4v) is 4.31. The van der Waals surface area contributed by atoms with Crippen LogP contribution in [0.3, 0.4) is 0 Å². The summed E-state index contributed by atoms with van der Waals surface area (Å²) in [6, 6.07) is 4.50.